The average Bonchev–Trinajstić information content (AvgIpc) is 1.80. The monoisotopic (exact) mass is 165 g/mol. The first kappa shape index (κ1) is 7.03. The SMILES string of the molecule is O=C1C=NC(Cl)C(Cl)C1. The number of Topliss-reactive ketones (excluding diaryl/α,β-unsaturated/α-hetero) is 1. The molecule has 0 aromatic rings. The quantitative estimate of drug-likeness (QED) is 0.392. The van der Waals surface area contributed by atoms with Crippen molar-refractivity contribution in [2.75, 3.05) is 0 Å². The molecule has 0 aromatic carbocycles. The summed E-state index contributed by atoms with van der Waals surface area (Å²) in [7, 11) is 0. The van der Waals surface area contributed by atoms with Gasteiger partial charge in [-0.15, -0.1) is 11.6 Å². The first-order valence-electron chi connectivity index (χ1n) is 2.54. The van der Waals surface area contributed by atoms with E-state index in [0.29, 0.717) is 6.42 Å². The van der Waals surface area contributed by atoms with Crippen molar-refractivity contribution in [1.82, 2.24) is 0 Å². The summed E-state index contributed by atoms with van der Waals surface area (Å²) in [5, 5.41) is -0.329. The van der Waals surface area contributed by atoms with Crippen LogP contribution in [0.2, 0.25) is 0 Å². The summed E-state index contributed by atoms with van der Waals surface area (Å²) in [5.74, 6) is -0.0492. The van der Waals surface area contributed by atoms with Gasteiger partial charge in [-0.1, -0.05) is 11.6 Å². The van der Waals surface area contributed by atoms with E-state index in [9.17, 15) is 4.79 Å². The molecule has 0 saturated heterocycles. The zero-order valence-corrected chi connectivity index (χ0v) is 6.06. The van der Waals surface area contributed by atoms with Gasteiger partial charge in [-0.2, -0.15) is 0 Å². The number of rotatable bonds is 0. The van der Waals surface area contributed by atoms with Gasteiger partial charge in [-0.3, -0.25) is 9.79 Å². The van der Waals surface area contributed by atoms with Gasteiger partial charge in [0, 0.05) is 6.42 Å². The van der Waals surface area contributed by atoms with Gasteiger partial charge in [-0.05, 0) is 0 Å². The highest BCUT2D eigenvalue weighted by Crippen LogP contribution is 2.17. The molecular weight excluding hydrogens is 161 g/mol. The van der Waals surface area contributed by atoms with Crippen LogP contribution in [0.1, 0.15) is 6.42 Å². The van der Waals surface area contributed by atoms with E-state index in [1.54, 1.807) is 0 Å². The van der Waals surface area contributed by atoms with E-state index in [0.717, 1.165) is 0 Å². The second kappa shape index (κ2) is 2.67. The summed E-state index contributed by atoms with van der Waals surface area (Å²) in [6, 6.07) is 0. The van der Waals surface area contributed by atoms with Crippen molar-refractivity contribution in [1.29, 1.82) is 0 Å². The number of ketones is 1. The standard InChI is InChI=1S/C5H5Cl2NO/c6-4-1-3(9)2-8-5(4)7/h2,4-5H,1H2. The largest absolute Gasteiger partial charge is 0.293 e. The number of halogens is 2. The van der Waals surface area contributed by atoms with Gasteiger partial charge in [0.15, 0.2) is 5.78 Å². The topological polar surface area (TPSA) is 29.4 Å². The van der Waals surface area contributed by atoms with Crippen molar-refractivity contribution in [3.05, 3.63) is 0 Å². The van der Waals surface area contributed by atoms with Crippen LogP contribution in [0.4, 0.5) is 0 Å². The number of carbonyl (C=O) groups is 1. The van der Waals surface area contributed by atoms with Crippen LogP contribution in [0.3, 0.4) is 0 Å². The van der Waals surface area contributed by atoms with E-state index in [2.05, 4.69) is 4.99 Å². The van der Waals surface area contributed by atoms with E-state index < -0.39 is 5.50 Å². The summed E-state index contributed by atoms with van der Waals surface area (Å²) < 4.78 is 0. The Hall–Kier alpha value is -0.0800. The van der Waals surface area contributed by atoms with Crippen molar-refractivity contribution in [3.63, 3.8) is 0 Å². The Labute approximate surface area is 62.9 Å². The normalized spacial score (nSPS) is 35.1. The number of nitrogens with zero attached hydrogens (tertiary/aromatic N) is 1. The lowest BCUT2D eigenvalue weighted by molar-refractivity contribution is -0.112. The maximum atomic E-state index is 10.5. The maximum absolute atomic E-state index is 10.5. The molecule has 1 heterocycles. The van der Waals surface area contributed by atoms with Crippen molar-refractivity contribution in [3.8, 4) is 0 Å². The molecule has 0 N–H and O–H groups in total. The number of hydrogen-bond donors (Lipinski definition) is 0. The summed E-state index contributed by atoms with van der Waals surface area (Å²) in [6.07, 6.45) is 1.54. The highest BCUT2D eigenvalue weighted by atomic mass is 35.5. The molecule has 4 heteroatoms. The summed E-state index contributed by atoms with van der Waals surface area (Å²) in [5.41, 5.74) is -0.427. The fraction of sp³-hybridized carbons (Fsp3) is 0.600. The molecule has 50 valence electrons. The number of aliphatic imine (C=N–C) groups is 1. The number of alkyl halides is 2. The molecule has 2 nitrogen and oxygen atoms in total. The number of carbonyl (C=O) groups excluding carboxylic acids is 1. The Kier molecular flexibility index (Phi) is 2.09. The molecule has 0 radical (unpaired) electrons. The van der Waals surface area contributed by atoms with Gasteiger partial charge < -0.3 is 0 Å². The second-order valence-electron chi connectivity index (χ2n) is 1.84. The Morgan fingerprint density at radius 3 is 2.78 bits per heavy atom. The molecule has 0 amide bonds. The van der Waals surface area contributed by atoms with Gasteiger partial charge in [0.05, 0.1) is 11.6 Å². The van der Waals surface area contributed by atoms with E-state index in [1.165, 1.54) is 6.21 Å². The molecule has 0 aromatic heterocycles. The van der Waals surface area contributed by atoms with Gasteiger partial charge in [-0.25, -0.2) is 0 Å². The van der Waals surface area contributed by atoms with Crippen LogP contribution in [0.25, 0.3) is 0 Å². The minimum absolute atomic E-state index is 0.0492. The van der Waals surface area contributed by atoms with Crippen LogP contribution in [-0.2, 0) is 4.79 Å². The van der Waals surface area contributed by atoms with Crippen LogP contribution in [0.5, 0.6) is 0 Å². The van der Waals surface area contributed by atoms with Crippen molar-refractivity contribution in [2.45, 2.75) is 17.3 Å². The molecule has 0 aliphatic carbocycles. The van der Waals surface area contributed by atoms with Crippen LogP contribution >= 0.6 is 23.2 Å². The Morgan fingerprint density at radius 1 is 1.67 bits per heavy atom. The highest BCUT2D eigenvalue weighted by Gasteiger charge is 2.21. The lowest BCUT2D eigenvalue weighted by Gasteiger charge is -2.13. The molecule has 0 spiro atoms. The zero-order chi connectivity index (χ0) is 6.85. The van der Waals surface area contributed by atoms with Crippen molar-refractivity contribution >= 4 is 35.2 Å². The molecular formula is C5H5Cl2NO. The molecule has 1 aliphatic heterocycles. The molecule has 2 unspecified atom stereocenters. The molecule has 2 atom stereocenters. The van der Waals surface area contributed by atoms with E-state index in [4.69, 9.17) is 23.2 Å². The minimum Gasteiger partial charge on any atom is -0.293 e. The molecule has 9 heavy (non-hydrogen) atoms. The van der Waals surface area contributed by atoms with E-state index in [-0.39, 0.29) is 11.2 Å². The van der Waals surface area contributed by atoms with Crippen molar-refractivity contribution in [2.24, 2.45) is 4.99 Å². The number of hydrogen-bond acceptors (Lipinski definition) is 2. The fourth-order valence-electron chi connectivity index (χ4n) is 0.590. The Bertz CT molecular complexity index is 157. The van der Waals surface area contributed by atoms with Crippen LogP contribution in [0.15, 0.2) is 4.99 Å². The smallest absolute Gasteiger partial charge is 0.175 e. The molecule has 1 aliphatic rings. The van der Waals surface area contributed by atoms with Crippen molar-refractivity contribution < 1.29 is 4.79 Å². The summed E-state index contributed by atoms with van der Waals surface area (Å²) in [4.78, 5) is 14.2. The fourth-order valence-corrected chi connectivity index (χ4v) is 0.952. The van der Waals surface area contributed by atoms with Gasteiger partial charge in [0.25, 0.3) is 0 Å². The first-order valence-corrected chi connectivity index (χ1v) is 3.41. The van der Waals surface area contributed by atoms with Gasteiger partial charge in [0.1, 0.15) is 5.50 Å². The summed E-state index contributed by atoms with van der Waals surface area (Å²) >= 11 is 11.1. The van der Waals surface area contributed by atoms with Crippen LogP contribution in [0, 0.1) is 0 Å². The van der Waals surface area contributed by atoms with Gasteiger partial charge in [0.2, 0.25) is 0 Å². The predicted molar refractivity (Wildman–Crippen MR) is 37.4 cm³/mol. The molecule has 1 rings (SSSR count). The van der Waals surface area contributed by atoms with E-state index in [1.807, 2.05) is 0 Å². The van der Waals surface area contributed by atoms with E-state index >= 15 is 0 Å². The van der Waals surface area contributed by atoms with Crippen LogP contribution < -0.4 is 0 Å². The Balaban J connectivity index is 2.65. The third-order valence-corrected chi connectivity index (χ3v) is 1.99. The molecule has 0 saturated carbocycles. The maximum Gasteiger partial charge on any atom is 0.175 e. The predicted octanol–water partition coefficient (Wildman–Crippen LogP) is 1.20. The average molecular weight is 166 g/mol. The molecule has 0 fully saturated rings. The first-order chi connectivity index (χ1) is 4.20. The lowest BCUT2D eigenvalue weighted by atomic mass is 10.2. The van der Waals surface area contributed by atoms with Gasteiger partial charge >= 0.3 is 0 Å². The van der Waals surface area contributed by atoms with Crippen LogP contribution in [-0.4, -0.2) is 22.9 Å². The zero-order valence-electron chi connectivity index (χ0n) is 4.55. The minimum atomic E-state index is -0.427. The third kappa shape index (κ3) is 1.66. The third-order valence-electron chi connectivity index (χ3n) is 1.06. The summed E-state index contributed by atoms with van der Waals surface area (Å²) in [6.45, 7) is 0. The molecule has 0 bridgehead atoms. The highest BCUT2D eigenvalue weighted by molar-refractivity contribution is 6.37. The Morgan fingerprint density at radius 2 is 2.33 bits per heavy atom. The second-order valence-corrected chi connectivity index (χ2v) is 2.84. The lowest BCUT2D eigenvalue weighted by Crippen LogP contribution is -2.23.